The highest BCUT2D eigenvalue weighted by Crippen LogP contribution is 2.61. The highest BCUT2D eigenvalue weighted by molar-refractivity contribution is 5.16. The van der Waals surface area contributed by atoms with E-state index in [1.807, 2.05) is 6.92 Å². The molecular weight excluding hydrogens is 248 g/mol. The normalized spacial score (nSPS) is 42.1. The van der Waals surface area contributed by atoms with E-state index in [0.29, 0.717) is 11.8 Å². The van der Waals surface area contributed by atoms with Crippen LogP contribution in [0, 0.1) is 22.7 Å². The number of aliphatic hydroxyl groups excluding tert-OH is 2. The molecule has 2 nitrogen and oxygen atoms in total. The highest BCUT2D eigenvalue weighted by Gasteiger charge is 2.55. The van der Waals surface area contributed by atoms with Gasteiger partial charge in [-0.05, 0) is 68.1 Å². The van der Waals surface area contributed by atoms with Gasteiger partial charge in [-0.2, -0.15) is 0 Å². The Hall–Kier alpha value is -0.340. The van der Waals surface area contributed by atoms with Gasteiger partial charge in [0, 0.05) is 0 Å². The first-order valence-corrected chi connectivity index (χ1v) is 8.23. The summed E-state index contributed by atoms with van der Waals surface area (Å²) in [6.45, 7) is 13.1. The maximum atomic E-state index is 10.4. The molecule has 2 heteroatoms. The molecule has 2 aliphatic rings. The summed E-state index contributed by atoms with van der Waals surface area (Å²) in [5.41, 5.74) is 1.61. The van der Waals surface area contributed by atoms with Crippen molar-refractivity contribution in [1.82, 2.24) is 0 Å². The third-order valence-electron chi connectivity index (χ3n) is 6.43. The van der Waals surface area contributed by atoms with Gasteiger partial charge >= 0.3 is 0 Å². The Bertz CT molecular complexity index is 372. The fourth-order valence-corrected chi connectivity index (χ4v) is 5.11. The Kier molecular flexibility index (Phi) is 4.37. The van der Waals surface area contributed by atoms with E-state index in [9.17, 15) is 10.2 Å². The van der Waals surface area contributed by atoms with Crippen molar-refractivity contribution in [3.8, 4) is 0 Å². The molecule has 0 amide bonds. The van der Waals surface area contributed by atoms with Crippen molar-refractivity contribution in [3.63, 3.8) is 0 Å². The first-order chi connectivity index (χ1) is 9.19. The first-order valence-electron chi connectivity index (χ1n) is 8.23. The van der Waals surface area contributed by atoms with Crippen molar-refractivity contribution in [2.75, 3.05) is 0 Å². The van der Waals surface area contributed by atoms with E-state index >= 15 is 0 Å². The topological polar surface area (TPSA) is 40.5 Å². The standard InChI is InChI=1S/C18H32O2/c1-12-6-9-15-17(3,4)16(20)10-11-18(15,5)14(12)8-7-13(2)19/h13-16,19-20H,1,6-11H2,2-5H3/t13-,14+,15+,16+,18-/m0/s1. The molecule has 0 spiro atoms. The number of hydrogen-bond acceptors (Lipinski definition) is 2. The summed E-state index contributed by atoms with van der Waals surface area (Å²) >= 11 is 0. The second kappa shape index (κ2) is 5.46. The van der Waals surface area contributed by atoms with Crippen molar-refractivity contribution < 1.29 is 10.2 Å². The lowest BCUT2D eigenvalue weighted by molar-refractivity contribution is -0.125. The molecule has 2 rings (SSSR count). The predicted molar refractivity (Wildman–Crippen MR) is 83.4 cm³/mol. The molecule has 2 saturated carbocycles. The Morgan fingerprint density at radius 3 is 2.55 bits per heavy atom. The predicted octanol–water partition coefficient (Wildman–Crippen LogP) is 3.92. The molecule has 2 N–H and O–H groups in total. The smallest absolute Gasteiger partial charge is 0.0594 e. The Labute approximate surface area is 124 Å². The van der Waals surface area contributed by atoms with Gasteiger partial charge in [0.2, 0.25) is 0 Å². The third kappa shape index (κ3) is 2.57. The van der Waals surface area contributed by atoms with Crippen LogP contribution in [0.15, 0.2) is 12.2 Å². The molecule has 0 heterocycles. The van der Waals surface area contributed by atoms with Gasteiger partial charge in [0.05, 0.1) is 12.2 Å². The molecule has 20 heavy (non-hydrogen) atoms. The average molecular weight is 280 g/mol. The van der Waals surface area contributed by atoms with E-state index in [1.165, 1.54) is 5.57 Å². The zero-order valence-electron chi connectivity index (χ0n) is 13.7. The van der Waals surface area contributed by atoms with Crippen LogP contribution >= 0.6 is 0 Å². The van der Waals surface area contributed by atoms with Gasteiger partial charge in [0.1, 0.15) is 0 Å². The van der Waals surface area contributed by atoms with Crippen molar-refractivity contribution in [2.45, 2.75) is 78.4 Å². The van der Waals surface area contributed by atoms with Crippen LogP contribution < -0.4 is 0 Å². The van der Waals surface area contributed by atoms with Crippen molar-refractivity contribution in [2.24, 2.45) is 22.7 Å². The quantitative estimate of drug-likeness (QED) is 0.769. The maximum Gasteiger partial charge on any atom is 0.0594 e. The van der Waals surface area contributed by atoms with E-state index in [4.69, 9.17) is 0 Å². The summed E-state index contributed by atoms with van der Waals surface area (Å²) in [5.74, 6) is 1.06. The second-order valence-electron chi connectivity index (χ2n) is 8.11. The minimum Gasteiger partial charge on any atom is -0.393 e. The molecule has 0 aromatic heterocycles. The minimum absolute atomic E-state index is 0.00319. The number of allylic oxidation sites excluding steroid dienone is 1. The lowest BCUT2D eigenvalue weighted by atomic mass is 9.46. The van der Waals surface area contributed by atoms with Gasteiger partial charge in [-0.25, -0.2) is 0 Å². The first kappa shape index (κ1) is 16.0. The zero-order chi connectivity index (χ0) is 15.1. The summed E-state index contributed by atoms with van der Waals surface area (Å²) in [5, 5.41) is 20.0. The van der Waals surface area contributed by atoms with Crippen molar-refractivity contribution >= 4 is 0 Å². The van der Waals surface area contributed by atoms with Gasteiger partial charge < -0.3 is 10.2 Å². The lowest BCUT2D eigenvalue weighted by Crippen LogP contribution is -2.54. The Morgan fingerprint density at radius 1 is 1.30 bits per heavy atom. The maximum absolute atomic E-state index is 10.4. The molecule has 0 aromatic rings. The van der Waals surface area contributed by atoms with E-state index in [2.05, 4.69) is 27.4 Å². The molecule has 0 saturated heterocycles. The fraction of sp³-hybridized carbons (Fsp3) is 0.889. The molecule has 0 bridgehead atoms. The van der Waals surface area contributed by atoms with E-state index in [1.54, 1.807) is 0 Å². The van der Waals surface area contributed by atoms with E-state index in [0.717, 1.165) is 38.5 Å². The van der Waals surface area contributed by atoms with Crippen LogP contribution in [0.3, 0.4) is 0 Å². The number of rotatable bonds is 3. The fourth-order valence-electron chi connectivity index (χ4n) is 5.11. The van der Waals surface area contributed by atoms with E-state index in [-0.39, 0.29) is 23.0 Å². The zero-order valence-corrected chi connectivity index (χ0v) is 13.7. The summed E-state index contributed by atoms with van der Waals surface area (Å²) in [4.78, 5) is 0. The third-order valence-corrected chi connectivity index (χ3v) is 6.43. The van der Waals surface area contributed by atoms with Crippen LogP contribution in [0.4, 0.5) is 0 Å². The van der Waals surface area contributed by atoms with Crippen LogP contribution in [0.25, 0.3) is 0 Å². The number of hydrogen-bond donors (Lipinski definition) is 2. The van der Waals surface area contributed by atoms with E-state index < -0.39 is 0 Å². The molecule has 0 unspecified atom stereocenters. The molecular formula is C18H32O2. The summed E-state index contributed by atoms with van der Waals surface area (Å²) in [6, 6.07) is 0. The largest absolute Gasteiger partial charge is 0.393 e. The number of aliphatic hydroxyl groups is 2. The molecule has 0 aromatic carbocycles. The Balaban J connectivity index is 2.26. The molecule has 2 aliphatic carbocycles. The summed E-state index contributed by atoms with van der Waals surface area (Å²) in [6.07, 6.45) is 5.72. The monoisotopic (exact) mass is 280 g/mol. The van der Waals surface area contributed by atoms with Crippen molar-refractivity contribution in [1.29, 1.82) is 0 Å². The van der Waals surface area contributed by atoms with Gasteiger partial charge in [0.25, 0.3) is 0 Å². The van der Waals surface area contributed by atoms with Gasteiger partial charge in [-0.15, -0.1) is 0 Å². The summed E-state index contributed by atoms with van der Waals surface area (Å²) < 4.78 is 0. The van der Waals surface area contributed by atoms with Gasteiger partial charge in [-0.1, -0.05) is 32.9 Å². The second-order valence-corrected chi connectivity index (χ2v) is 8.11. The summed E-state index contributed by atoms with van der Waals surface area (Å²) in [7, 11) is 0. The lowest BCUT2D eigenvalue weighted by Gasteiger charge is -2.59. The molecule has 5 atom stereocenters. The van der Waals surface area contributed by atoms with Crippen LogP contribution in [-0.4, -0.2) is 22.4 Å². The highest BCUT2D eigenvalue weighted by atomic mass is 16.3. The van der Waals surface area contributed by atoms with Crippen LogP contribution in [0.1, 0.15) is 66.2 Å². The Morgan fingerprint density at radius 2 is 1.95 bits per heavy atom. The van der Waals surface area contributed by atoms with Crippen LogP contribution in [0.5, 0.6) is 0 Å². The van der Waals surface area contributed by atoms with Crippen molar-refractivity contribution in [3.05, 3.63) is 12.2 Å². The van der Waals surface area contributed by atoms with Gasteiger partial charge in [-0.3, -0.25) is 0 Å². The SMILES string of the molecule is C=C1CC[C@@H]2C(C)(C)[C@H](O)CC[C@@]2(C)[C@@H]1CC[C@H](C)O. The van der Waals surface area contributed by atoms with Crippen LogP contribution in [0.2, 0.25) is 0 Å². The molecule has 116 valence electrons. The minimum atomic E-state index is -0.228. The molecule has 0 aliphatic heterocycles. The number of fused-ring (bicyclic) bond motifs is 1. The molecule has 2 fully saturated rings. The van der Waals surface area contributed by atoms with Crippen LogP contribution in [-0.2, 0) is 0 Å². The van der Waals surface area contributed by atoms with Gasteiger partial charge in [0.15, 0.2) is 0 Å². The molecule has 0 radical (unpaired) electrons. The average Bonchev–Trinajstić information content (AvgIpc) is 2.33.